The lowest BCUT2D eigenvalue weighted by atomic mass is 10.0. The lowest BCUT2D eigenvalue weighted by molar-refractivity contribution is -0.649. The predicted octanol–water partition coefficient (Wildman–Crippen LogP) is -1.86. The summed E-state index contributed by atoms with van der Waals surface area (Å²) in [5.41, 5.74) is 11.6. The van der Waals surface area contributed by atoms with Crippen molar-refractivity contribution >= 4 is 17.6 Å². The summed E-state index contributed by atoms with van der Waals surface area (Å²) in [6.45, 7) is 1.44. The van der Waals surface area contributed by atoms with Gasteiger partial charge in [-0.2, -0.15) is 0 Å². The number of quaternary nitrogens is 1. The molecule has 0 saturated carbocycles. The molecular formula is C15H24N5O2+. The van der Waals surface area contributed by atoms with Crippen LogP contribution in [0.1, 0.15) is 12.5 Å². The van der Waals surface area contributed by atoms with Gasteiger partial charge in [0.1, 0.15) is 6.04 Å². The smallest absolute Gasteiger partial charge is 0.279 e. The van der Waals surface area contributed by atoms with Gasteiger partial charge in [0.05, 0.1) is 13.6 Å². The molecule has 2 atom stereocenters. The third-order valence-corrected chi connectivity index (χ3v) is 3.30. The highest BCUT2D eigenvalue weighted by Gasteiger charge is 2.25. The van der Waals surface area contributed by atoms with Crippen LogP contribution in [0.3, 0.4) is 0 Å². The topological polar surface area (TPSA) is 127 Å². The molecule has 0 aromatic heterocycles. The Morgan fingerprint density at radius 3 is 2.41 bits per heavy atom. The van der Waals surface area contributed by atoms with Gasteiger partial charge in [0.25, 0.3) is 5.91 Å². The minimum atomic E-state index is -0.715. The maximum Gasteiger partial charge on any atom is 0.279 e. The molecular weight excluding hydrogens is 282 g/mol. The number of nitrogens with one attached hydrogen (secondary N) is 1. The highest BCUT2D eigenvalue weighted by Crippen LogP contribution is 2.02. The number of ketones is 1. The van der Waals surface area contributed by atoms with Crippen LogP contribution in [0.25, 0.3) is 0 Å². The minimum Gasteiger partial charge on any atom is -0.370 e. The molecule has 7 heteroatoms. The van der Waals surface area contributed by atoms with Crippen molar-refractivity contribution in [1.29, 1.82) is 0 Å². The monoisotopic (exact) mass is 306 g/mol. The van der Waals surface area contributed by atoms with Crippen molar-refractivity contribution in [2.24, 2.45) is 16.5 Å². The van der Waals surface area contributed by atoms with Gasteiger partial charge >= 0.3 is 0 Å². The molecule has 7 nitrogen and oxygen atoms in total. The summed E-state index contributed by atoms with van der Waals surface area (Å²) in [5.74, 6) is -0.506. The summed E-state index contributed by atoms with van der Waals surface area (Å²) < 4.78 is 0. The molecule has 1 amide bonds. The van der Waals surface area contributed by atoms with Crippen LogP contribution < -0.4 is 22.1 Å². The van der Waals surface area contributed by atoms with Crippen molar-refractivity contribution in [1.82, 2.24) is 5.32 Å². The second kappa shape index (κ2) is 8.78. The summed E-state index contributed by atoms with van der Waals surface area (Å²) >= 11 is 0. The molecule has 0 heterocycles. The van der Waals surface area contributed by atoms with Crippen LogP contribution in [-0.2, 0) is 16.0 Å². The van der Waals surface area contributed by atoms with Crippen molar-refractivity contribution in [2.45, 2.75) is 25.4 Å². The third-order valence-electron chi connectivity index (χ3n) is 3.30. The van der Waals surface area contributed by atoms with Crippen LogP contribution >= 0.6 is 0 Å². The molecule has 0 saturated heterocycles. The molecule has 22 heavy (non-hydrogen) atoms. The summed E-state index contributed by atoms with van der Waals surface area (Å²) in [4.78, 5) is 27.7. The molecule has 0 aliphatic rings. The number of carbonyl (C=O) groups excluding carboxylic acids is 2. The van der Waals surface area contributed by atoms with E-state index in [9.17, 15) is 9.59 Å². The molecule has 0 radical (unpaired) electrons. The third kappa shape index (κ3) is 5.92. The van der Waals surface area contributed by atoms with Gasteiger partial charge in [-0.3, -0.25) is 14.6 Å². The number of likely N-dealkylation sites (N-methyl/N-ethyl adjacent to an activating group) is 1. The number of nitrogens with two attached hydrogens (primary N) is 3. The number of benzene rings is 1. The number of rotatable bonds is 8. The van der Waals surface area contributed by atoms with Gasteiger partial charge in [0.2, 0.25) is 0 Å². The fourth-order valence-corrected chi connectivity index (χ4v) is 1.98. The first-order chi connectivity index (χ1) is 10.4. The quantitative estimate of drug-likeness (QED) is 0.332. The van der Waals surface area contributed by atoms with Crippen LogP contribution in [0.15, 0.2) is 35.3 Å². The molecule has 0 aliphatic heterocycles. The molecule has 0 fully saturated rings. The maximum atomic E-state index is 12.3. The van der Waals surface area contributed by atoms with E-state index in [1.54, 1.807) is 0 Å². The van der Waals surface area contributed by atoms with Crippen LogP contribution in [-0.4, -0.2) is 43.3 Å². The molecule has 0 aliphatic carbocycles. The van der Waals surface area contributed by atoms with E-state index >= 15 is 0 Å². The zero-order valence-corrected chi connectivity index (χ0v) is 13.0. The highest BCUT2D eigenvalue weighted by molar-refractivity contribution is 5.89. The molecule has 1 rings (SSSR count). The van der Waals surface area contributed by atoms with E-state index in [0.717, 1.165) is 5.56 Å². The zero-order chi connectivity index (χ0) is 16.5. The Bertz CT molecular complexity index is 526. The van der Waals surface area contributed by atoms with Gasteiger partial charge in [-0.25, -0.2) is 0 Å². The number of nitrogens with zero attached hydrogens (tertiary/aromatic N) is 1. The number of amides is 1. The summed E-state index contributed by atoms with van der Waals surface area (Å²) in [6, 6.07) is 8.68. The molecule has 0 spiro atoms. The number of guanidine groups is 1. The molecule has 7 N–H and O–H groups in total. The van der Waals surface area contributed by atoms with E-state index < -0.39 is 6.04 Å². The molecule has 2 unspecified atom stereocenters. The molecule has 1 aromatic carbocycles. The average Bonchev–Trinajstić information content (AvgIpc) is 2.49. The van der Waals surface area contributed by atoms with E-state index in [1.165, 1.54) is 6.92 Å². The number of aliphatic imine (C=N–C) groups is 1. The number of carbonyl (C=O) groups is 2. The average molecular weight is 306 g/mol. The molecule has 120 valence electrons. The Morgan fingerprint density at radius 1 is 1.27 bits per heavy atom. The second-order valence-corrected chi connectivity index (χ2v) is 5.07. The van der Waals surface area contributed by atoms with Gasteiger partial charge in [0, 0.05) is 6.42 Å². The Balaban J connectivity index is 2.69. The highest BCUT2D eigenvalue weighted by atomic mass is 16.2. The Hall–Kier alpha value is -2.41. The number of hydrogen-bond donors (Lipinski definition) is 4. The van der Waals surface area contributed by atoms with E-state index in [1.807, 2.05) is 42.7 Å². The van der Waals surface area contributed by atoms with Gasteiger partial charge in [0.15, 0.2) is 17.8 Å². The first kappa shape index (κ1) is 17.6. The zero-order valence-electron chi connectivity index (χ0n) is 13.0. The summed E-state index contributed by atoms with van der Waals surface area (Å²) in [5, 5.41) is 4.52. The SMILES string of the molecule is C[NH2+]C(Cc1ccccc1)C(=O)NC(CN=C(N)N)C(C)=O. The predicted molar refractivity (Wildman–Crippen MR) is 85.1 cm³/mol. The van der Waals surface area contributed by atoms with Crippen LogP contribution in [0.4, 0.5) is 0 Å². The lowest BCUT2D eigenvalue weighted by Crippen LogP contribution is -2.90. The summed E-state index contributed by atoms with van der Waals surface area (Å²) in [7, 11) is 1.83. The van der Waals surface area contributed by atoms with Crippen molar-refractivity contribution in [3.05, 3.63) is 35.9 Å². The lowest BCUT2D eigenvalue weighted by Gasteiger charge is -2.18. The molecule has 1 aromatic rings. The Labute approximate surface area is 130 Å². The standard InChI is InChI=1S/C15H23N5O2/c1-10(21)13(9-19-15(16)17)20-14(22)12(18-2)8-11-6-4-3-5-7-11/h3-7,12-13,18H,8-9H2,1-2H3,(H,20,22)(H4,16,17,19)/p+1. The van der Waals surface area contributed by atoms with Crippen molar-refractivity contribution in [3.63, 3.8) is 0 Å². The maximum absolute atomic E-state index is 12.3. The first-order valence-electron chi connectivity index (χ1n) is 7.13. The minimum absolute atomic E-state index is 0.0468. The van der Waals surface area contributed by atoms with Crippen LogP contribution in [0.5, 0.6) is 0 Å². The first-order valence-corrected chi connectivity index (χ1v) is 7.13. The largest absolute Gasteiger partial charge is 0.370 e. The Kier molecular flexibility index (Phi) is 7.04. The van der Waals surface area contributed by atoms with Gasteiger partial charge in [-0.1, -0.05) is 30.3 Å². The Morgan fingerprint density at radius 2 is 1.91 bits per heavy atom. The van der Waals surface area contributed by atoms with Crippen LogP contribution in [0.2, 0.25) is 0 Å². The van der Waals surface area contributed by atoms with E-state index in [0.29, 0.717) is 6.42 Å². The van der Waals surface area contributed by atoms with Crippen molar-refractivity contribution < 1.29 is 14.9 Å². The van der Waals surface area contributed by atoms with E-state index in [2.05, 4.69) is 10.3 Å². The van der Waals surface area contributed by atoms with E-state index in [-0.39, 0.29) is 30.2 Å². The van der Waals surface area contributed by atoms with Crippen molar-refractivity contribution in [2.75, 3.05) is 13.6 Å². The number of Topliss-reactive ketones (excluding diaryl/α,β-unsaturated/α-hetero) is 1. The van der Waals surface area contributed by atoms with Gasteiger partial charge in [-0.15, -0.1) is 0 Å². The van der Waals surface area contributed by atoms with Crippen molar-refractivity contribution in [3.8, 4) is 0 Å². The van der Waals surface area contributed by atoms with Gasteiger partial charge < -0.3 is 22.1 Å². The normalized spacial score (nSPS) is 13.0. The molecule has 0 bridgehead atoms. The number of hydrogen-bond acceptors (Lipinski definition) is 3. The van der Waals surface area contributed by atoms with E-state index in [4.69, 9.17) is 11.5 Å². The fourth-order valence-electron chi connectivity index (χ4n) is 1.98. The van der Waals surface area contributed by atoms with Gasteiger partial charge in [-0.05, 0) is 12.5 Å². The van der Waals surface area contributed by atoms with Crippen LogP contribution in [0, 0.1) is 0 Å². The second-order valence-electron chi connectivity index (χ2n) is 5.07. The fraction of sp³-hybridized carbons (Fsp3) is 0.400. The summed E-state index contributed by atoms with van der Waals surface area (Å²) in [6.07, 6.45) is 0.579.